The minimum Gasteiger partial charge on any atom is -0.386 e. The van der Waals surface area contributed by atoms with Crippen LogP contribution in [-0.4, -0.2) is 17.1 Å². The standard InChI is InChI=1S/C12H17NO2/c1-8-4-6-11(7-5-8)12(15)9(2)13-10(3)14/h4-7,9,12,15H,1-3H3,(H,13,14). The Morgan fingerprint density at radius 3 is 2.33 bits per heavy atom. The summed E-state index contributed by atoms with van der Waals surface area (Å²) in [4.78, 5) is 10.8. The van der Waals surface area contributed by atoms with Crippen LogP contribution in [0.25, 0.3) is 0 Å². The van der Waals surface area contributed by atoms with E-state index in [0.29, 0.717) is 0 Å². The Morgan fingerprint density at radius 1 is 1.33 bits per heavy atom. The Bertz CT molecular complexity index is 332. The molecule has 0 aliphatic heterocycles. The third-order valence-electron chi connectivity index (χ3n) is 2.32. The molecular weight excluding hydrogens is 190 g/mol. The molecule has 0 radical (unpaired) electrons. The number of carbonyl (C=O) groups excluding carboxylic acids is 1. The van der Waals surface area contributed by atoms with Crippen LogP contribution >= 0.6 is 0 Å². The van der Waals surface area contributed by atoms with Crippen LogP contribution in [-0.2, 0) is 4.79 Å². The lowest BCUT2D eigenvalue weighted by Crippen LogP contribution is -2.35. The normalized spacial score (nSPS) is 14.4. The summed E-state index contributed by atoms with van der Waals surface area (Å²) in [6.07, 6.45) is -0.658. The molecule has 3 heteroatoms. The van der Waals surface area contributed by atoms with Crippen molar-refractivity contribution in [3.8, 4) is 0 Å². The van der Waals surface area contributed by atoms with E-state index in [4.69, 9.17) is 0 Å². The van der Waals surface area contributed by atoms with Crippen LogP contribution in [0.15, 0.2) is 24.3 Å². The Labute approximate surface area is 90.1 Å². The van der Waals surface area contributed by atoms with Crippen LogP contribution in [0.3, 0.4) is 0 Å². The van der Waals surface area contributed by atoms with Crippen molar-refractivity contribution in [3.05, 3.63) is 35.4 Å². The van der Waals surface area contributed by atoms with Crippen molar-refractivity contribution in [3.63, 3.8) is 0 Å². The largest absolute Gasteiger partial charge is 0.386 e. The smallest absolute Gasteiger partial charge is 0.217 e. The number of carbonyl (C=O) groups is 1. The van der Waals surface area contributed by atoms with Crippen LogP contribution in [0, 0.1) is 6.92 Å². The maximum Gasteiger partial charge on any atom is 0.217 e. The number of benzene rings is 1. The minimum atomic E-state index is -0.658. The van der Waals surface area contributed by atoms with Gasteiger partial charge in [-0.25, -0.2) is 0 Å². The van der Waals surface area contributed by atoms with Crippen molar-refractivity contribution in [1.82, 2.24) is 5.32 Å². The lowest BCUT2D eigenvalue weighted by atomic mass is 10.0. The highest BCUT2D eigenvalue weighted by Gasteiger charge is 2.16. The maximum atomic E-state index is 10.8. The summed E-state index contributed by atoms with van der Waals surface area (Å²) in [6, 6.07) is 7.36. The van der Waals surface area contributed by atoms with E-state index < -0.39 is 6.10 Å². The number of nitrogens with one attached hydrogen (secondary N) is 1. The molecule has 0 aromatic heterocycles. The molecule has 2 unspecified atom stereocenters. The van der Waals surface area contributed by atoms with E-state index in [1.807, 2.05) is 31.2 Å². The van der Waals surface area contributed by atoms with Gasteiger partial charge in [0.05, 0.1) is 12.1 Å². The molecule has 0 spiro atoms. The fourth-order valence-corrected chi connectivity index (χ4v) is 1.45. The Hall–Kier alpha value is -1.35. The van der Waals surface area contributed by atoms with Crippen molar-refractivity contribution in [2.24, 2.45) is 0 Å². The number of hydrogen-bond donors (Lipinski definition) is 2. The highest BCUT2D eigenvalue weighted by molar-refractivity contribution is 5.73. The van der Waals surface area contributed by atoms with Crippen LogP contribution < -0.4 is 5.32 Å². The topological polar surface area (TPSA) is 49.3 Å². The van der Waals surface area contributed by atoms with Gasteiger partial charge in [-0.15, -0.1) is 0 Å². The molecule has 1 rings (SSSR count). The van der Waals surface area contributed by atoms with E-state index in [2.05, 4.69) is 5.32 Å². The van der Waals surface area contributed by atoms with Crippen molar-refractivity contribution < 1.29 is 9.90 Å². The SMILES string of the molecule is CC(=O)NC(C)C(O)c1ccc(C)cc1. The first-order valence-electron chi connectivity index (χ1n) is 5.02. The Balaban J connectivity index is 2.71. The third kappa shape index (κ3) is 3.36. The van der Waals surface area contributed by atoms with E-state index in [-0.39, 0.29) is 11.9 Å². The maximum absolute atomic E-state index is 10.8. The van der Waals surface area contributed by atoms with Gasteiger partial charge < -0.3 is 10.4 Å². The summed E-state index contributed by atoms with van der Waals surface area (Å²) < 4.78 is 0. The molecule has 1 aromatic carbocycles. The average molecular weight is 207 g/mol. The van der Waals surface area contributed by atoms with Gasteiger partial charge in [0.2, 0.25) is 5.91 Å². The lowest BCUT2D eigenvalue weighted by Gasteiger charge is -2.19. The van der Waals surface area contributed by atoms with Gasteiger partial charge in [-0.1, -0.05) is 29.8 Å². The second kappa shape index (κ2) is 4.94. The number of amides is 1. The van der Waals surface area contributed by atoms with Crippen LogP contribution in [0.5, 0.6) is 0 Å². The lowest BCUT2D eigenvalue weighted by molar-refractivity contribution is -0.120. The molecule has 0 aliphatic carbocycles. The van der Waals surface area contributed by atoms with Crippen LogP contribution in [0.1, 0.15) is 31.1 Å². The molecular formula is C12H17NO2. The molecule has 1 aromatic rings. The first-order valence-corrected chi connectivity index (χ1v) is 5.02. The number of aliphatic hydroxyl groups is 1. The van der Waals surface area contributed by atoms with Gasteiger partial charge in [0.15, 0.2) is 0 Å². The fraction of sp³-hybridized carbons (Fsp3) is 0.417. The molecule has 0 bridgehead atoms. The second-order valence-electron chi connectivity index (χ2n) is 3.84. The van der Waals surface area contributed by atoms with Gasteiger partial charge in [0.25, 0.3) is 0 Å². The van der Waals surface area contributed by atoms with Crippen molar-refractivity contribution in [2.45, 2.75) is 32.9 Å². The summed E-state index contributed by atoms with van der Waals surface area (Å²) >= 11 is 0. The highest BCUT2D eigenvalue weighted by atomic mass is 16.3. The van der Waals surface area contributed by atoms with Crippen molar-refractivity contribution in [1.29, 1.82) is 0 Å². The average Bonchev–Trinajstić information content (AvgIpc) is 2.17. The summed E-state index contributed by atoms with van der Waals surface area (Å²) in [5.41, 5.74) is 1.97. The predicted molar refractivity (Wildman–Crippen MR) is 59.4 cm³/mol. The van der Waals surface area contributed by atoms with Crippen molar-refractivity contribution >= 4 is 5.91 Å². The van der Waals surface area contributed by atoms with Crippen LogP contribution in [0.4, 0.5) is 0 Å². The van der Waals surface area contributed by atoms with E-state index in [1.54, 1.807) is 6.92 Å². The first kappa shape index (κ1) is 11.7. The van der Waals surface area contributed by atoms with Gasteiger partial charge in [-0.05, 0) is 19.4 Å². The molecule has 1 amide bonds. The molecule has 0 saturated heterocycles. The quantitative estimate of drug-likeness (QED) is 0.790. The monoisotopic (exact) mass is 207 g/mol. The molecule has 3 nitrogen and oxygen atoms in total. The molecule has 15 heavy (non-hydrogen) atoms. The van der Waals surface area contributed by atoms with Gasteiger partial charge in [-0.2, -0.15) is 0 Å². The molecule has 0 saturated carbocycles. The predicted octanol–water partition coefficient (Wildman–Crippen LogP) is 1.55. The second-order valence-corrected chi connectivity index (χ2v) is 3.84. The minimum absolute atomic E-state index is 0.131. The molecule has 82 valence electrons. The van der Waals surface area contributed by atoms with Crippen molar-refractivity contribution in [2.75, 3.05) is 0 Å². The molecule has 2 atom stereocenters. The van der Waals surface area contributed by atoms with Gasteiger partial charge in [-0.3, -0.25) is 4.79 Å². The Kier molecular flexibility index (Phi) is 3.86. The molecule has 0 heterocycles. The fourth-order valence-electron chi connectivity index (χ4n) is 1.45. The van der Waals surface area contributed by atoms with E-state index in [9.17, 15) is 9.90 Å². The zero-order chi connectivity index (χ0) is 11.4. The summed E-state index contributed by atoms with van der Waals surface area (Å²) in [5, 5.41) is 12.6. The highest BCUT2D eigenvalue weighted by Crippen LogP contribution is 2.16. The van der Waals surface area contributed by atoms with E-state index in [0.717, 1.165) is 11.1 Å². The summed E-state index contributed by atoms with van der Waals surface area (Å²) in [6.45, 7) is 5.22. The summed E-state index contributed by atoms with van der Waals surface area (Å²) in [7, 11) is 0. The van der Waals surface area contributed by atoms with Crippen LogP contribution in [0.2, 0.25) is 0 Å². The van der Waals surface area contributed by atoms with Gasteiger partial charge in [0, 0.05) is 6.92 Å². The third-order valence-corrected chi connectivity index (χ3v) is 2.32. The first-order chi connectivity index (χ1) is 7.00. The van der Waals surface area contributed by atoms with E-state index >= 15 is 0 Å². The molecule has 0 fully saturated rings. The van der Waals surface area contributed by atoms with Gasteiger partial charge in [0.1, 0.15) is 0 Å². The molecule has 0 aliphatic rings. The Morgan fingerprint density at radius 2 is 1.87 bits per heavy atom. The molecule has 2 N–H and O–H groups in total. The number of hydrogen-bond acceptors (Lipinski definition) is 2. The summed E-state index contributed by atoms with van der Waals surface area (Å²) in [5.74, 6) is -0.131. The zero-order valence-corrected chi connectivity index (χ0v) is 9.32. The number of rotatable bonds is 3. The van der Waals surface area contributed by atoms with Gasteiger partial charge >= 0.3 is 0 Å². The van der Waals surface area contributed by atoms with E-state index in [1.165, 1.54) is 6.92 Å². The zero-order valence-electron chi connectivity index (χ0n) is 9.32. The number of aliphatic hydroxyl groups excluding tert-OH is 1. The number of aryl methyl sites for hydroxylation is 1.